The molecule has 3 N–H and O–H groups in total. The largest absolute Gasteiger partial charge is 0.508 e. The highest BCUT2D eigenvalue weighted by molar-refractivity contribution is 5.74. The van der Waals surface area contributed by atoms with E-state index in [1.54, 1.807) is 24.5 Å². The van der Waals surface area contributed by atoms with Gasteiger partial charge in [-0.2, -0.15) is 0 Å². The zero-order chi connectivity index (χ0) is 17.5. The van der Waals surface area contributed by atoms with Crippen molar-refractivity contribution in [3.05, 3.63) is 53.6 Å². The Morgan fingerprint density at radius 2 is 2.12 bits per heavy atom. The molecule has 2 aromatic rings. The number of aromatic nitrogens is 2. The second-order valence-electron chi connectivity index (χ2n) is 5.46. The van der Waals surface area contributed by atoms with Gasteiger partial charge in [-0.1, -0.05) is 12.1 Å². The number of carbonyl (C=O) groups is 1. The molecule has 0 aliphatic rings. The fraction of sp³-hybridized carbons (Fsp3) is 0.353. The van der Waals surface area contributed by atoms with E-state index in [0.29, 0.717) is 17.8 Å². The first-order valence-electron chi connectivity index (χ1n) is 7.77. The number of likely N-dealkylation sites (N-methyl/N-ethyl adjacent to an activating group) is 1. The molecule has 0 saturated heterocycles. The SMILES string of the molecule is CCN(C[C@@H](O)c1cccc(O)c1)C(=O)NCc1cnc(C)cn1. The lowest BCUT2D eigenvalue weighted by atomic mass is 10.1. The summed E-state index contributed by atoms with van der Waals surface area (Å²) in [5.74, 6) is 0.0806. The first-order chi connectivity index (χ1) is 11.5. The Hall–Kier alpha value is -2.67. The number of benzene rings is 1. The number of hydrogen-bond acceptors (Lipinski definition) is 5. The molecule has 0 radical (unpaired) electrons. The summed E-state index contributed by atoms with van der Waals surface area (Å²) < 4.78 is 0. The maximum Gasteiger partial charge on any atom is 0.317 e. The molecule has 2 rings (SSSR count). The van der Waals surface area contributed by atoms with E-state index in [2.05, 4.69) is 15.3 Å². The van der Waals surface area contributed by atoms with Crippen LogP contribution in [0.5, 0.6) is 5.75 Å². The van der Waals surface area contributed by atoms with Crippen LogP contribution in [0.25, 0.3) is 0 Å². The Balaban J connectivity index is 1.92. The molecule has 0 aliphatic heterocycles. The highest BCUT2D eigenvalue weighted by Gasteiger charge is 2.17. The van der Waals surface area contributed by atoms with Crippen molar-refractivity contribution in [2.45, 2.75) is 26.5 Å². The van der Waals surface area contributed by atoms with Crippen molar-refractivity contribution in [1.82, 2.24) is 20.2 Å². The minimum atomic E-state index is -0.873. The number of aromatic hydroxyl groups is 1. The number of nitrogens with zero attached hydrogens (tertiary/aromatic N) is 3. The van der Waals surface area contributed by atoms with Gasteiger partial charge in [-0.3, -0.25) is 9.97 Å². The summed E-state index contributed by atoms with van der Waals surface area (Å²) >= 11 is 0. The number of aliphatic hydroxyl groups is 1. The van der Waals surface area contributed by atoms with Crippen LogP contribution < -0.4 is 5.32 Å². The fourth-order valence-corrected chi connectivity index (χ4v) is 2.19. The second kappa shape index (κ2) is 8.26. The molecular weight excluding hydrogens is 308 g/mol. The van der Waals surface area contributed by atoms with Crippen LogP contribution in [0.3, 0.4) is 0 Å². The first kappa shape index (κ1) is 17.7. The smallest absolute Gasteiger partial charge is 0.317 e. The van der Waals surface area contributed by atoms with Crippen molar-refractivity contribution in [1.29, 1.82) is 0 Å². The average Bonchev–Trinajstić information content (AvgIpc) is 2.58. The van der Waals surface area contributed by atoms with Gasteiger partial charge in [0.05, 0.1) is 36.8 Å². The van der Waals surface area contributed by atoms with Gasteiger partial charge in [0.15, 0.2) is 0 Å². The van der Waals surface area contributed by atoms with Crippen molar-refractivity contribution < 1.29 is 15.0 Å². The minimum Gasteiger partial charge on any atom is -0.508 e. The molecule has 1 aromatic heterocycles. The predicted molar refractivity (Wildman–Crippen MR) is 89.3 cm³/mol. The van der Waals surface area contributed by atoms with Crippen LogP contribution >= 0.6 is 0 Å². The standard InChI is InChI=1S/C17H22N4O3/c1-3-21(11-16(23)13-5-4-6-15(22)7-13)17(24)20-10-14-9-18-12(2)8-19-14/h4-9,16,22-23H,3,10-11H2,1-2H3,(H,20,24)/t16-/m1/s1. The predicted octanol–water partition coefficient (Wildman–Crippen LogP) is 1.76. The van der Waals surface area contributed by atoms with E-state index in [0.717, 1.165) is 5.69 Å². The van der Waals surface area contributed by atoms with Crippen LogP contribution in [0.2, 0.25) is 0 Å². The average molecular weight is 330 g/mol. The number of urea groups is 1. The molecule has 0 fully saturated rings. The van der Waals surface area contributed by atoms with Crippen molar-refractivity contribution in [3.63, 3.8) is 0 Å². The lowest BCUT2D eigenvalue weighted by Gasteiger charge is -2.24. The van der Waals surface area contributed by atoms with Crippen molar-refractivity contribution in [3.8, 4) is 5.75 Å². The zero-order valence-electron chi connectivity index (χ0n) is 13.8. The Morgan fingerprint density at radius 3 is 2.75 bits per heavy atom. The monoisotopic (exact) mass is 330 g/mol. The van der Waals surface area contributed by atoms with Gasteiger partial charge in [0.2, 0.25) is 0 Å². The Bertz CT molecular complexity index is 676. The third-order valence-electron chi connectivity index (χ3n) is 3.57. The lowest BCUT2D eigenvalue weighted by Crippen LogP contribution is -2.41. The first-order valence-corrected chi connectivity index (χ1v) is 7.77. The summed E-state index contributed by atoms with van der Waals surface area (Å²) in [6.07, 6.45) is 2.39. The second-order valence-corrected chi connectivity index (χ2v) is 5.46. The van der Waals surface area contributed by atoms with Crippen LogP contribution in [-0.4, -0.2) is 44.2 Å². The number of aliphatic hydroxyl groups excluding tert-OH is 1. The van der Waals surface area contributed by atoms with E-state index in [4.69, 9.17) is 0 Å². The summed E-state index contributed by atoms with van der Waals surface area (Å²) in [7, 11) is 0. The number of hydrogen-bond donors (Lipinski definition) is 3. The molecule has 0 aliphatic carbocycles. The highest BCUT2D eigenvalue weighted by atomic mass is 16.3. The van der Waals surface area contributed by atoms with Crippen molar-refractivity contribution >= 4 is 6.03 Å². The fourth-order valence-electron chi connectivity index (χ4n) is 2.19. The summed E-state index contributed by atoms with van der Waals surface area (Å²) in [5, 5.41) is 22.5. The Labute approximate surface area is 141 Å². The number of phenols is 1. The normalized spacial score (nSPS) is 11.8. The molecule has 7 heteroatoms. The van der Waals surface area contributed by atoms with Gasteiger partial charge in [0, 0.05) is 12.7 Å². The molecule has 128 valence electrons. The number of aryl methyl sites for hydroxylation is 1. The molecule has 1 atom stereocenters. The van der Waals surface area contributed by atoms with Crippen LogP contribution in [0.15, 0.2) is 36.7 Å². The molecule has 7 nitrogen and oxygen atoms in total. The highest BCUT2D eigenvalue weighted by Crippen LogP contribution is 2.19. The maximum absolute atomic E-state index is 12.3. The zero-order valence-corrected chi connectivity index (χ0v) is 13.8. The van der Waals surface area contributed by atoms with Gasteiger partial charge in [-0.15, -0.1) is 0 Å². The number of amides is 2. The van der Waals surface area contributed by atoms with Gasteiger partial charge >= 0.3 is 6.03 Å². The topological polar surface area (TPSA) is 98.6 Å². The van der Waals surface area contributed by atoms with Gasteiger partial charge in [-0.05, 0) is 31.5 Å². The molecule has 1 aromatic carbocycles. The number of rotatable bonds is 6. The van der Waals surface area contributed by atoms with E-state index in [1.165, 1.54) is 17.0 Å². The Kier molecular flexibility index (Phi) is 6.08. The number of phenolic OH excluding ortho intramolecular Hbond substituents is 1. The third kappa shape index (κ3) is 4.92. The van der Waals surface area contributed by atoms with E-state index >= 15 is 0 Å². The quantitative estimate of drug-likeness (QED) is 0.749. The van der Waals surface area contributed by atoms with E-state index in [9.17, 15) is 15.0 Å². The minimum absolute atomic E-state index is 0.0806. The molecule has 1 heterocycles. The van der Waals surface area contributed by atoms with Crippen LogP contribution in [0, 0.1) is 6.92 Å². The van der Waals surface area contributed by atoms with E-state index in [-0.39, 0.29) is 24.9 Å². The molecule has 0 spiro atoms. The van der Waals surface area contributed by atoms with E-state index < -0.39 is 6.10 Å². The molecule has 2 amide bonds. The summed E-state index contributed by atoms with van der Waals surface area (Å²) in [5.41, 5.74) is 2.04. The van der Waals surface area contributed by atoms with Gasteiger partial charge in [0.1, 0.15) is 5.75 Å². The van der Waals surface area contributed by atoms with E-state index in [1.807, 2.05) is 13.8 Å². The Morgan fingerprint density at radius 1 is 1.33 bits per heavy atom. The third-order valence-corrected chi connectivity index (χ3v) is 3.57. The van der Waals surface area contributed by atoms with Crippen LogP contribution in [-0.2, 0) is 6.54 Å². The van der Waals surface area contributed by atoms with Crippen LogP contribution in [0.1, 0.15) is 30.0 Å². The lowest BCUT2D eigenvalue weighted by molar-refractivity contribution is 0.123. The maximum atomic E-state index is 12.3. The van der Waals surface area contributed by atoms with Crippen molar-refractivity contribution in [2.24, 2.45) is 0 Å². The molecule has 0 unspecified atom stereocenters. The summed E-state index contributed by atoms with van der Waals surface area (Å²) in [6.45, 7) is 4.52. The number of carbonyl (C=O) groups excluding carboxylic acids is 1. The van der Waals surface area contributed by atoms with Gasteiger partial charge < -0.3 is 20.4 Å². The van der Waals surface area contributed by atoms with Crippen LogP contribution in [0.4, 0.5) is 4.79 Å². The molecule has 0 bridgehead atoms. The molecule has 0 saturated carbocycles. The summed E-state index contributed by atoms with van der Waals surface area (Å²) in [4.78, 5) is 22.1. The van der Waals surface area contributed by atoms with Gasteiger partial charge in [0.25, 0.3) is 0 Å². The molecular formula is C17H22N4O3. The van der Waals surface area contributed by atoms with Crippen molar-refractivity contribution in [2.75, 3.05) is 13.1 Å². The van der Waals surface area contributed by atoms with Gasteiger partial charge in [-0.25, -0.2) is 4.79 Å². The number of nitrogens with one attached hydrogen (secondary N) is 1. The molecule has 24 heavy (non-hydrogen) atoms. The summed E-state index contributed by atoms with van der Waals surface area (Å²) in [6, 6.07) is 6.08.